The summed E-state index contributed by atoms with van der Waals surface area (Å²) in [5.41, 5.74) is 6.79. The molecule has 0 aliphatic rings. The third-order valence-electron chi connectivity index (χ3n) is 2.66. The van der Waals surface area contributed by atoms with Gasteiger partial charge in [0, 0.05) is 25.2 Å². The summed E-state index contributed by atoms with van der Waals surface area (Å²) in [6.07, 6.45) is 0.823. The zero-order valence-electron chi connectivity index (χ0n) is 10.9. The molecule has 0 aliphatic heterocycles. The molecule has 0 fully saturated rings. The second-order valence-electron chi connectivity index (χ2n) is 4.85. The van der Waals surface area contributed by atoms with Crippen molar-refractivity contribution in [3.05, 3.63) is 24.0 Å². The van der Waals surface area contributed by atoms with E-state index in [-0.39, 0.29) is 5.75 Å². The van der Waals surface area contributed by atoms with E-state index in [2.05, 4.69) is 23.9 Å². The molecule has 0 bridgehead atoms. The Bertz CT molecular complexity index is 560. The number of nitrogen functional groups attached to an aromatic ring is 1. The van der Waals surface area contributed by atoms with Crippen LogP contribution in [0.2, 0.25) is 0 Å². The number of benzene rings is 1. The molecule has 2 aromatic rings. The zero-order valence-corrected chi connectivity index (χ0v) is 10.9. The highest BCUT2D eigenvalue weighted by atomic mass is 16.3. The van der Waals surface area contributed by atoms with Crippen LogP contribution in [0.1, 0.15) is 19.7 Å². The Morgan fingerprint density at radius 1 is 1.39 bits per heavy atom. The fourth-order valence-electron chi connectivity index (χ4n) is 1.86. The lowest BCUT2D eigenvalue weighted by molar-refractivity contribution is 0.476. The van der Waals surface area contributed by atoms with Crippen LogP contribution in [-0.2, 0) is 13.5 Å². The lowest BCUT2D eigenvalue weighted by Crippen LogP contribution is -1.98. The number of nitrogens with two attached hydrogens (primary N) is 1. The van der Waals surface area contributed by atoms with E-state index >= 15 is 0 Å². The minimum atomic E-state index is 0.126. The Balaban J connectivity index is 2.41. The normalized spacial score (nSPS) is 11.1. The van der Waals surface area contributed by atoms with Gasteiger partial charge in [0.25, 0.3) is 0 Å². The van der Waals surface area contributed by atoms with Crippen LogP contribution >= 0.6 is 0 Å². The van der Waals surface area contributed by atoms with Crippen LogP contribution in [0.5, 0.6) is 5.75 Å². The summed E-state index contributed by atoms with van der Waals surface area (Å²) >= 11 is 0. The minimum absolute atomic E-state index is 0.126. The molecular weight excluding hydrogens is 228 g/mol. The predicted octanol–water partition coefficient (Wildman–Crippen LogP) is 1.97. The van der Waals surface area contributed by atoms with E-state index in [1.54, 1.807) is 16.8 Å². The van der Waals surface area contributed by atoms with E-state index < -0.39 is 0 Å². The van der Waals surface area contributed by atoms with Crippen molar-refractivity contribution >= 4 is 5.69 Å². The number of hydrogen-bond donors (Lipinski definition) is 2. The highest BCUT2D eigenvalue weighted by Gasteiger charge is 2.13. The average Bonchev–Trinajstić information content (AvgIpc) is 2.58. The molecular formula is C13H18N4O. The zero-order chi connectivity index (χ0) is 13.3. The molecule has 0 radical (unpaired) electrons. The van der Waals surface area contributed by atoms with Gasteiger partial charge in [0.1, 0.15) is 5.75 Å². The van der Waals surface area contributed by atoms with Gasteiger partial charge in [0.05, 0.1) is 5.56 Å². The molecule has 0 spiro atoms. The fourth-order valence-corrected chi connectivity index (χ4v) is 1.86. The van der Waals surface area contributed by atoms with Crippen LogP contribution in [0, 0.1) is 5.92 Å². The number of hydrogen-bond acceptors (Lipinski definition) is 4. The van der Waals surface area contributed by atoms with E-state index in [4.69, 9.17) is 5.73 Å². The largest absolute Gasteiger partial charge is 0.507 e. The first kappa shape index (κ1) is 12.4. The van der Waals surface area contributed by atoms with Crippen LogP contribution < -0.4 is 5.73 Å². The molecule has 96 valence electrons. The molecule has 0 amide bonds. The number of aryl methyl sites for hydroxylation is 1. The maximum Gasteiger partial charge on any atom is 0.161 e. The summed E-state index contributed by atoms with van der Waals surface area (Å²) in [6, 6.07) is 5.02. The first-order chi connectivity index (χ1) is 8.47. The van der Waals surface area contributed by atoms with Gasteiger partial charge >= 0.3 is 0 Å². The quantitative estimate of drug-likeness (QED) is 0.812. The summed E-state index contributed by atoms with van der Waals surface area (Å²) in [6.45, 7) is 4.24. The van der Waals surface area contributed by atoms with Gasteiger partial charge in [-0.25, -0.2) is 9.67 Å². The number of phenolic OH excluding ortho intramolecular Hbond substituents is 1. The van der Waals surface area contributed by atoms with E-state index in [1.807, 2.05) is 7.05 Å². The molecule has 5 heteroatoms. The molecule has 3 N–H and O–H groups in total. The van der Waals surface area contributed by atoms with Crippen molar-refractivity contribution < 1.29 is 5.11 Å². The Morgan fingerprint density at radius 2 is 2.11 bits per heavy atom. The maximum absolute atomic E-state index is 9.90. The second-order valence-corrected chi connectivity index (χ2v) is 4.85. The van der Waals surface area contributed by atoms with Crippen LogP contribution in [0.3, 0.4) is 0 Å². The van der Waals surface area contributed by atoms with Crippen LogP contribution in [0.15, 0.2) is 18.2 Å². The van der Waals surface area contributed by atoms with Crippen molar-refractivity contribution in [2.24, 2.45) is 13.0 Å². The molecule has 1 heterocycles. The third-order valence-corrected chi connectivity index (χ3v) is 2.66. The highest BCUT2D eigenvalue weighted by molar-refractivity contribution is 5.67. The Kier molecular flexibility index (Phi) is 3.23. The lowest BCUT2D eigenvalue weighted by atomic mass is 10.1. The molecule has 0 saturated heterocycles. The van der Waals surface area contributed by atoms with Gasteiger partial charge in [-0.2, -0.15) is 5.10 Å². The molecule has 2 rings (SSSR count). The van der Waals surface area contributed by atoms with Crippen LogP contribution in [0.4, 0.5) is 5.69 Å². The van der Waals surface area contributed by atoms with Gasteiger partial charge in [-0.15, -0.1) is 0 Å². The van der Waals surface area contributed by atoms with Crippen molar-refractivity contribution in [1.29, 1.82) is 0 Å². The van der Waals surface area contributed by atoms with Crippen molar-refractivity contribution in [2.75, 3.05) is 5.73 Å². The van der Waals surface area contributed by atoms with Gasteiger partial charge in [0.15, 0.2) is 11.6 Å². The van der Waals surface area contributed by atoms with E-state index in [1.165, 1.54) is 6.07 Å². The number of aromatic nitrogens is 3. The SMILES string of the molecule is CC(C)Cc1nc(-c2ccc(N)cc2O)n(C)n1. The van der Waals surface area contributed by atoms with Crippen LogP contribution in [-0.4, -0.2) is 19.9 Å². The summed E-state index contributed by atoms with van der Waals surface area (Å²) in [5, 5.41) is 14.3. The summed E-state index contributed by atoms with van der Waals surface area (Å²) in [7, 11) is 1.82. The van der Waals surface area contributed by atoms with Gasteiger partial charge in [-0.1, -0.05) is 13.8 Å². The number of rotatable bonds is 3. The number of nitrogens with zero attached hydrogens (tertiary/aromatic N) is 3. The van der Waals surface area contributed by atoms with Crippen molar-refractivity contribution in [3.63, 3.8) is 0 Å². The predicted molar refractivity (Wildman–Crippen MR) is 71.1 cm³/mol. The topological polar surface area (TPSA) is 77.0 Å². The maximum atomic E-state index is 9.90. The van der Waals surface area contributed by atoms with E-state index in [9.17, 15) is 5.11 Å². The van der Waals surface area contributed by atoms with Crippen molar-refractivity contribution in [2.45, 2.75) is 20.3 Å². The van der Waals surface area contributed by atoms with Gasteiger partial charge in [-0.3, -0.25) is 0 Å². The summed E-state index contributed by atoms with van der Waals surface area (Å²) < 4.78 is 1.68. The average molecular weight is 246 g/mol. The summed E-state index contributed by atoms with van der Waals surface area (Å²) in [5.74, 6) is 2.07. The Hall–Kier alpha value is -2.04. The lowest BCUT2D eigenvalue weighted by Gasteiger charge is -2.03. The van der Waals surface area contributed by atoms with Gasteiger partial charge < -0.3 is 10.8 Å². The molecule has 1 aromatic carbocycles. The third kappa shape index (κ3) is 2.45. The van der Waals surface area contributed by atoms with Gasteiger partial charge in [0.2, 0.25) is 0 Å². The van der Waals surface area contributed by atoms with E-state index in [0.29, 0.717) is 23.0 Å². The van der Waals surface area contributed by atoms with Gasteiger partial charge in [-0.05, 0) is 18.1 Å². The molecule has 1 aromatic heterocycles. The molecule has 0 aliphatic carbocycles. The number of anilines is 1. The Morgan fingerprint density at radius 3 is 2.72 bits per heavy atom. The van der Waals surface area contributed by atoms with Crippen molar-refractivity contribution in [3.8, 4) is 17.1 Å². The number of aromatic hydroxyl groups is 1. The molecule has 0 unspecified atom stereocenters. The first-order valence-corrected chi connectivity index (χ1v) is 5.96. The second kappa shape index (κ2) is 4.68. The fraction of sp³-hybridized carbons (Fsp3) is 0.385. The monoisotopic (exact) mass is 246 g/mol. The smallest absolute Gasteiger partial charge is 0.161 e. The first-order valence-electron chi connectivity index (χ1n) is 5.96. The molecule has 0 atom stereocenters. The molecule has 18 heavy (non-hydrogen) atoms. The molecule has 0 saturated carbocycles. The Labute approximate surface area is 106 Å². The minimum Gasteiger partial charge on any atom is -0.507 e. The highest BCUT2D eigenvalue weighted by Crippen LogP contribution is 2.29. The van der Waals surface area contributed by atoms with Crippen LogP contribution in [0.25, 0.3) is 11.4 Å². The summed E-state index contributed by atoms with van der Waals surface area (Å²) in [4.78, 5) is 4.46. The number of phenols is 1. The standard InChI is InChI=1S/C13H18N4O/c1-8(2)6-12-15-13(17(3)16-12)10-5-4-9(14)7-11(10)18/h4-5,7-8,18H,6,14H2,1-3H3. The van der Waals surface area contributed by atoms with E-state index in [0.717, 1.165) is 12.2 Å². The molecule has 5 nitrogen and oxygen atoms in total. The van der Waals surface area contributed by atoms with Crippen molar-refractivity contribution in [1.82, 2.24) is 14.8 Å².